The molecule has 2 aromatic carbocycles. The Morgan fingerprint density at radius 3 is 2.68 bits per heavy atom. The molecule has 0 saturated heterocycles. The van der Waals surface area contributed by atoms with Gasteiger partial charge >= 0.3 is 6.18 Å². The largest absolute Gasteiger partial charge is 0.416 e. The Labute approximate surface area is 143 Å². The number of aromatic amines is 1. The van der Waals surface area contributed by atoms with Gasteiger partial charge in [-0.2, -0.15) is 13.2 Å². The number of hydrogen-bond donors (Lipinski definition) is 3. The maximum absolute atomic E-state index is 12.7. The predicted octanol–water partition coefficient (Wildman–Crippen LogP) is 4.05. The van der Waals surface area contributed by atoms with E-state index in [9.17, 15) is 18.3 Å². The van der Waals surface area contributed by atoms with Gasteiger partial charge in [0.1, 0.15) is 0 Å². The molecule has 1 aromatic heterocycles. The number of hydrogen-bond acceptors (Lipinski definition) is 2. The normalized spacial score (nSPS) is 13.3. The number of benzene rings is 2. The lowest BCUT2D eigenvalue weighted by Gasteiger charge is -2.14. The molecule has 132 valence electrons. The Morgan fingerprint density at radius 1 is 1.08 bits per heavy atom. The summed E-state index contributed by atoms with van der Waals surface area (Å²) >= 11 is 0. The molecule has 25 heavy (non-hydrogen) atoms. The number of aliphatic hydroxyl groups excluding tert-OH is 1. The van der Waals surface area contributed by atoms with E-state index in [-0.39, 0.29) is 12.1 Å². The SMILES string of the molecule is OC(CNCCc1c[nH]c2ccccc12)c1cccc(C(F)(F)F)c1. The molecule has 0 radical (unpaired) electrons. The summed E-state index contributed by atoms with van der Waals surface area (Å²) < 4.78 is 38.2. The summed E-state index contributed by atoms with van der Waals surface area (Å²) in [5.74, 6) is 0. The summed E-state index contributed by atoms with van der Waals surface area (Å²) in [6.07, 6.45) is -2.67. The molecule has 0 fully saturated rings. The lowest BCUT2D eigenvalue weighted by Crippen LogP contribution is -2.24. The first kappa shape index (κ1) is 17.5. The molecule has 3 nitrogen and oxygen atoms in total. The number of para-hydroxylation sites is 1. The van der Waals surface area contributed by atoms with Gasteiger partial charge in [0.15, 0.2) is 0 Å². The summed E-state index contributed by atoms with van der Waals surface area (Å²) in [6.45, 7) is 0.821. The topological polar surface area (TPSA) is 48.0 Å². The van der Waals surface area contributed by atoms with Crippen molar-refractivity contribution in [1.82, 2.24) is 10.3 Å². The molecule has 1 atom stereocenters. The average molecular weight is 348 g/mol. The summed E-state index contributed by atoms with van der Waals surface area (Å²) in [5.41, 5.74) is 1.75. The van der Waals surface area contributed by atoms with Crippen LogP contribution in [0, 0.1) is 0 Å². The first-order valence-electron chi connectivity index (χ1n) is 8.06. The van der Waals surface area contributed by atoms with Crippen LogP contribution in [0.4, 0.5) is 13.2 Å². The number of halogens is 3. The van der Waals surface area contributed by atoms with Crippen LogP contribution in [-0.2, 0) is 12.6 Å². The molecule has 6 heteroatoms. The summed E-state index contributed by atoms with van der Waals surface area (Å²) in [7, 11) is 0. The van der Waals surface area contributed by atoms with Crippen LogP contribution in [0.3, 0.4) is 0 Å². The average Bonchev–Trinajstić information content (AvgIpc) is 3.01. The fourth-order valence-corrected chi connectivity index (χ4v) is 2.84. The zero-order valence-electron chi connectivity index (χ0n) is 13.5. The number of aliphatic hydroxyl groups is 1. The monoisotopic (exact) mass is 348 g/mol. The standard InChI is InChI=1S/C19H19F3N2O/c20-19(21,22)15-5-3-4-13(10-15)18(25)12-23-9-8-14-11-24-17-7-2-1-6-16(14)17/h1-7,10-11,18,23-25H,8-9,12H2. The van der Waals surface area contributed by atoms with E-state index in [2.05, 4.69) is 10.3 Å². The van der Waals surface area contributed by atoms with Crippen molar-refractivity contribution in [2.75, 3.05) is 13.1 Å². The predicted molar refractivity (Wildman–Crippen MR) is 91.3 cm³/mol. The third-order valence-electron chi connectivity index (χ3n) is 4.18. The molecule has 3 aromatic rings. The van der Waals surface area contributed by atoms with Crippen LogP contribution in [0.25, 0.3) is 10.9 Å². The van der Waals surface area contributed by atoms with Crippen LogP contribution >= 0.6 is 0 Å². The van der Waals surface area contributed by atoms with E-state index in [0.717, 1.165) is 35.0 Å². The van der Waals surface area contributed by atoms with Gasteiger partial charge in [-0.15, -0.1) is 0 Å². The number of nitrogens with one attached hydrogen (secondary N) is 2. The minimum Gasteiger partial charge on any atom is -0.387 e. The molecule has 3 rings (SSSR count). The maximum atomic E-state index is 12.7. The second-order valence-electron chi connectivity index (χ2n) is 5.95. The van der Waals surface area contributed by atoms with Crippen molar-refractivity contribution in [3.63, 3.8) is 0 Å². The van der Waals surface area contributed by atoms with Crippen LogP contribution in [0.5, 0.6) is 0 Å². The Bertz CT molecular complexity index is 842. The highest BCUT2D eigenvalue weighted by Gasteiger charge is 2.30. The number of alkyl halides is 3. The second-order valence-corrected chi connectivity index (χ2v) is 5.95. The van der Waals surface area contributed by atoms with E-state index in [1.807, 2.05) is 30.5 Å². The van der Waals surface area contributed by atoms with Gasteiger partial charge in [-0.25, -0.2) is 0 Å². The third kappa shape index (κ3) is 4.21. The quantitative estimate of drug-likeness (QED) is 0.589. The van der Waals surface area contributed by atoms with Gasteiger partial charge in [0.25, 0.3) is 0 Å². The molecule has 0 bridgehead atoms. The lowest BCUT2D eigenvalue weighted by molar-refractivity contribution is -0.137. The van der Waals surface area contributed by atoms with E-state index >= 15 is 0 Å². The Balaban J connectivity index is 1.54. The Kier molecular flexibility index (Phi) is 5.11. The third-order valence-corrected chi connectivity index (χ3v) is 4.18. The van der Waals surface area contributed by atoms with E-state index in [0.29, 0.717) is 6.54 Å². The van der Waals surface area contributed by atoms with Gasteiger partial charge in [0.05, 0.1) is 11.7 Å². The minimum atomic E-state index is -4.40. The molecule has 0 aliphatic rings. The van der Waals surface area contributed by atoms with Crippen LogP contribution in [0.2, 0.25) is 0 Å². The van der Waals surface area contributed by atoms with Gasteiger partial charge < -0.3 is 15.4 Å². The van der Waals surface area contributed by atoms with E-state index in [1.165, 1.54) is 12.1 Å². The van der Waals surface area contributed by atoms with Gasteiger partial charge in [0.2, 0.25) is 0 Å². The molecule has 0 aliphatic carbocycles. The number of aromatic nitrogens is 1. The van der Waals surface area contributed by atoms with E-state index < -0.39 is 17.8 Å². The highest BCUT2D eigenvalue weighted by molar-refractivity contribution is 5.83. The molecule has 1 heterocycles. The second kappa shape index (κ2) is 7.29. The van der Waals surface area contributed by atoms with Crippen LogP contribution < -0.4 is 5.32 Å². The fraction of sp³-hybridized carbons (Fsp3) is 0.263. The zero-order chi connectivity index (χ0) is 17.9. The van der Waals surface area contributed by atoms with Crippen LogP contribution in [-0.4, -0.2) is 23.2 Å². The van der Waals surface area contributed by atoms with Crippen molar-refractivity contribution in [3.05, 3.63) is 71.4 Å². The van der Waals surface area contributed by atoms with Crippen molar-refractivity contribution in [1.29, 1.82) is 0 Å². The summed E-state index contributed by atoms with van der Waals surface area (Å²) in [6, 6.07) is 12.8. The Hall–Kier alpha value is -2.31. The van der Waals surface area contributed by atoms with Crippen molar-refractivity contribution >= 4 is 10.9 Å². The molecule has 1 unspecified atom stereocenters. The molecular weight excluding hydrogens is 329 g/mol. The maximum Gasteiger partial charge on any atom is 0.416 e. The lowest BCUT2D eigenvalue weighted by atomic mass is 10.1. The van der Waals surface area contributed by atoms with Gasteiger partial charge in [0, 0.05) is 23.6 Å². The van der Waals surface area contributed by atoms with Gasteiger partial charge in [-0.3, -0.25) is 0 Å². The number of fused-ring (bicyclic) bond motifs is 1. The highest BCUT2D eigenvalue weighted by Crippen LogP contribution is 2.30. The van der Waals surface area contributed by atoms with Crippen molar-refractivity contribution in [2.24, 2.45) is 0 Å². The minimum absolute atomic E-state index is 0.198. The molecule has 0 amide bonds. The van der Waals surface area contributed by atoms with Crippen molar-refractivity contribution in [2.45, 2.75) is 18.7 Å². The van der Waals surface area contributed by atoms with Gasteiger partial charge in [-0.1, -0.05) is 30.3 Å². The number of rotatable bonds is 6. The first-order valence-corrected chi connectivity index (χ1v) is 8.06. The van der Waals surface area contributed by atoms with Crippen molar-refractivity contribution in [3.8, 4) is 0 Å². The summed E-state index contributed by atoms with van der Waals surface area (Å²) in [4.78, 5) is 3.20. The highest BCUT2D eigenvalue weighted by atomic mass is 19.4. The number of H-pyrrole nitrogens is 1. The van der Waals surface area contributed by atoms with Crippen LogP contribution in [0.15, 0.2) is 54.7 Å². The molecule has 0 aliphatic heterocycles. The zero-order valence-corrected chi connectivity index (χ0v) is 13.5. The van der Waals surface area contributed by atoms with E-state index in [4.69, 9.17) is 0 Å². The molecule has 0 saturated carbocycles. The van der Waals surface area contributed by atoms with Crippen LogP contribution in [0.1, 0.15) is 22.8 Å². The smallest absolute Gasteiger partial charge is 0.387 e. The molecule has 0 spiro atoms. The van der Waals surface area contributed by atoms with Gasteiger partial charge in [-0.05, 0) is 42.3 Å². The Morgan fingerprint density at radius 2 is 1.88 bits per heavy atom. The summed E-state index contributed by atoms with van der Waals surface area (Å²) in [5, 5.41) is 14.4. The van der Waals surface area contributed by atoms with Crippen molar-refractivity contribution < 1.29 is 18.3 Å². The fourth-order valence-electron chi connectivity index (χ4n) is 2.84. The molecular formula is C19H19F3N2O. The van der Waals surface area contributed by atoms with E-state index in [1.54, 1.807) is 0 Å². The first-order chi connectivity index (χ1) is 11.9. The molecule has 3 N–H and O–H groups in total.